The molecule has 55 heavy (non-hydrogen) atoms. The fourth-order valence-corrected chi connectivity index (χ4v) is 7.58. The van der Waals surface area contributed by atoms with Crippen LogP contribution in [0.4, 0.5) is 42.5 Å². The van der Waals surface area contributed by atoms with Gasteiger partial charge in [0, 0.05) is 18.7 Å². The molecule has 0 atom stereocenters. The Morgan fingerprint density at radius 1 is 0.800 bits per heavy atom. The molecular formula is C39H47Cl2F6N5O3. The summed E-state index contributed by atoms with van der Waals surface area (Å²) in [4.78, 5) is 15.6. The Morgan fingerprint density at radius 3 is 1.85 bits per heavy atom. The van der Waals surface area contributed by atoms with E-state index in [0.29, 0.717) is 71.1 Å². The van der Waals surface area contributed by atoms with Crippen LogP contribution in [0.15, 0.2) is 60.7 Å². The highest BCUT2D eigenvalue weighted by Crippen LogP contribution is 2.50. The molecule has 0 unspecified atom stereocenters. The number of carbonyl (C=O) groups excluding carboxylic acids is 1. The van der Waals surface area contributed by atoms with Crippen molar-refractivity contribution in [1.29, 1.82) is 0 Å². The number of nitrogens with zero attached hydrogens (tertiary/aromatic N) is 2. The largest absolute Gasteiger partial charge is 0.430 e. The Bertz CT molecular complexity index is 1740. The zero-order valence-corrected chi connectivity index (χ0v) is 32.1. The van der Waals surface area contributed by atoms with Crippen LogP contribution in [0, 0.1) is 11.8 Å². The predicted molar refractivity (Wildman–Crippen MR) is 202 cm³/mol. The van der Waals surface area contributed by atoms with E-state index in [1.165, 1.54) is 17.1 Å². The van der Waals surface area contributed by atoms with Crippen LogP contribution in [-0.4, -0.2) is 71.8 Å². The van der Waals surface area contributed by atoms with Gasteiger partial charge in [0.15, 0.2) is 0 Å². The third-order valence-electron chi connectivity index (χ3n) is 10.2. The summed E-state index contributed by atoms with van der Waals surface area (Å²) in [6.45, 7) is 6.77. The average molecular weight is 819 g/mol. The number of urea groups is 1. The van der Waals surface area contributed by atoms with Crippen LogP contribution in [0.2, 0.25) is 10.0 Å². The molecule has 0 radical (unpaired) electrons. The van der Waals surface area contributed by atoms with Gasteiger partial charge in [0.2, 0.25) is 0 Å². The van der Waals surface area contributed by atoms with Crippen LogP contribution >= 0.6 is 23.2 Å². The Hall–Kier alpha value is -3.27. The molecule has 16 heteroatoms. The molecule has 0 aromatic heterocycles. The average Bonchev–Trinajstić information content (AvgIpc) is 3.11. The summed E-state index contributed by atoms with van der Waals surface area (Å²) in [6.07, 6.45) is -6.49. The molecule has 3 aromatic rings. The molecular weight excluding hydrogens is 771 g/mol. The molecule has 5 rings (SSSR count). The first-order valence-electron chi connectivity index (χ1n) is 18.3. The fraction of sp³-hybridized carbons (Fsp3) is 0.513. The van der Waals surface area contributed by atoms with E-state index in [1.807, 2.05) is 24.3 Å². The molecule has 0 bridgehead atoms. The Kier molecular flexibility index (Phi) is 13.6. The lowest BCUT2D eigenvalue weighted by Crippen LogP contribution is -2.53. The number of likely N-dealkylation sites (tertiary alicyclic amines) is 1. The summed E-state index contributed by atoms with van der Waals surface area (Å²) >= 11 is 13.5. The predicted octanol–water partition coefficient (Wildman–Crippen LogP) is 8.62. The Balaban J connectivity index is 1.21. The number of nitrogens with one attached hydrogen (secondary N) is 3. The van der Waals surface area contributed by atoms with E-state index in [2.05, 4.69) is 21.0 Å². The summed E-state index contributed by atoms with van der Waals surface area (Å²) in [5.41, 5.74) is -0.836. The van der Waals surface area contributed by atoms with E-state index < -0.39 is 35.1 Å². The maximum atomic E-state index is 13.5. The van der Waals surface area contributed by atoms with E-state index in [0.717, 1.165) is 56.3 Å². The number of hydrogen-bond donors (Lipinski definition) is 5. The molecule has 0 saturated carbocycles. The number of halogens is 8. The third kappa shape index (κ3) is 11.0. The van der Waals surface area contributed by atoms with Crippen LogP contribution < -0.4 is 21.1 Å². The number of aliphatic hydroxyl groups is 2. The van der Waals surface area contributed by atoms with Crippen molar-refractivity contribution in [3.8, 4) is 0 Å². The van der Waals surface area contributed by atoms with Gasteiger partial charge in [-0.15, -0.1) is 0 Å². The monoisotopic (exact) mass is 817 g/mol. The van der Waals surface area contributed by atoms with E-state index in [4.69, 9.17) is 23.2 Å². The van der Waals surface area contributed by atoms with E-state index in [1.54, 1.807) is 26.0 Å². The van der Waals surface area contributed by atoms with Crippen LogP contribution in [-0.2, 0) is 25.0 Å². The minimum atomic E-state index is -5.94. The Labute approximate surface area is 327 Å². The van der Waals surface area contributed by atoms with E-state index in [9.17, 15) is 41.4 Å². The lowest BCUT2D eigenvalue weighted by molar-refractivity contribution is -0.376. The molecule has 2 fully saturated rings. The van der Waals surface area contributed by atoms with Gasteiger partial charge in [-0.25, -0.2) is 9.80 Å². The van der Waals surface area contributed by atoms with E-state index >= 15 is 0 Å². The lowest BCUT2D eigenvalue weighted by Gasteiger charge is -2.33. The molecule has 2 amide bonds. The van der Waals surface area contributed by atoms with Crippen molar-refractivity contribution < 1.29 is 41.4 Å². The van der Waals surface area contributed by atoms with Crippen molar-refractivity contribution >= 4 is 40.6 Å². The highest BCUT2D eigenvalue weighted by Gasteiger charge is 2.71. The SMILES string of the molecule is CC(C)(O)CNC(=O)N(Nc1ccc(CC2CCNCC2)cc1Cl)c1ccc(CC2CCN(Cc3ccc(C(O)(C(F)(F)F)C(F)(F)F)cc3)CC2)cc1Cl. The maximum absolute atomic E-state index is 13.5. The molecule has 2 aliphatic heterocycles. The van der Waals surface area contributed by atoms with Gasteiger partial charge in [-0.3, -0.25) is 10.3 Å². The topological polar surface area (TPSA) is 100 Å². The summed E-state index contributed by atoms with van der Waals surface area (Å²) in [5, 5.41) is 28.1. The number of hydrazine groups is 1. The minimum absolute atomic E-state index is 0.0217. The fourth-order valence-electron chi connectivity index (χ4n) is 7.05. The zero-order chi connectivity index (χ0) is 40.2. The van der Waals surface area contributed by atoms with Gasteiger partial charge in [0.1, 0.15) is 0 Å². The van der Waals surface area contributed by atoms with Crippen LogP contribution in [0.1, 0.15) is 61.8 Å². The van der Waals surface area contributed by atoms with Gasteiger partial charge in [0.05, 0.1) is 27.0 Å². The Morgan fingerprint density at radius 2 is 1.33 bits per heavy atom. The minimum Gasteiger partial charge on any atom is -0.389 e. The van der Waals surface area contributed by atoms with Crippen molar-refractivity contribution in [3.05, 3.63) is 93.0 Å². The van der Waals surface area contributed by atoms with Crippen molar-refractivity contribution in [2.45, 2.75) is 82.5 Å². The van der Waals surface area contributed by atoms with Crippen LogP contribution in [0.3, 0.4) is 0 Å². The van der Waals surface area contributed by atoms with Crippen molar-refractivity contribution in [1.82, 2.24) is 15.5 Å². The molecule has 5 N–H and O–H groups in total. The van der Waals surface area contributed by atoms with Gasteiger partial charge >= 0.3 is 18.4 Å². The number of alkyl halides is 6. The molecule has 8 nitrogen and oxygen atoms in total. The summed E-state index contributed by atoms with van der Waals surface area (Å²) in [5.74, 6) is 0.850. The summed E-state index contributed by atoms with van der Waals surface area (Å²) in [7, 11) is 0. The highest BCUT2D eigenvalue weighted by molar-refractivity contribution is 6.34. The third-order valence-corrected chi connectivity index (χ3v) is 10.8. The van der Waals surface area contributed by atoms with Crippen LogP contribution in [0.5, 0.6) is 0 Å². The number of anilines is 2. The number of benzene rings is 3. The van der Waals surface area contributed by atoms with Crippen molar-refractivity contribution in [2.75, 3.05) is 43.2 Å². The van der Waals surface area contributed by atoms with Gasteiger partial charge < -0.3 is 20.8 Å². The number of amides is 2. The van der Waals surface area contributed by atoms with Crippen LogP contribution in [0.25, 0.3) is 0 Å². The quantitative estimate of drug-likeness (QED) is 0.0928. The number of carbonyl (C=O) groups is 1. The zero-order valence-electron chi connectivity index (χ0n) is 30.6. The second kappa shape index (κ2) is 17.5. The maximum Gasteiger partial charge on any atom is 0.430 e. The van der Waals surface area contributed by atoms with Gasteiger partial charge in [-0.1, -0.05) is 59.6 Å². The molecule has 2 saturated heterocycles. The molecule has 3 aromatic carbocycles. The molecule has 2 aliphatic rings. The van der Waals surface area contributed by atoms with Crippen molar-refractivity contribution in [2.24, 2.45) is 11.8 Å². The van der Waals surface area contributed by atoms with Crippen molar-refractivity contribution in [3.63, 3.8) is 0 Å². The smallest absolute Gasteiger partial charge is 0.389 e. The molecule has 0 aliphatic carbocycles. The number of rotatable bonds is 12. The second-order valence-electron chi connectivity index (χ2n) is 15.2. The summed E-state index contributed by atoms with van der Waals surface area (Å²) < 4.78 is 79.6. The first kappa shape index (κ1) is 42.9. The first-order chi connectivity index (χ1) is 25.7. The summed E-state index contributed by atoms with van der Waals surface area (Å²) in [6, 6.07) is 14.3. The number of piperidine rings is 2. The number of hydrogen-bond acceptors (Lipinski definition) is 6. The van der Waals surface area contributed by atoms with Gasteiger partial charge in [-0.05, 0) is 131 Å². The highest BCUT2D eigenvalue weighted by atomic mass is 35.5. The molecule has 2 heterocycles. The molecule has 0 spiro atoms. The van der Waals surface area contributed by atoms with E-state index in [-0.39, 0.29) is 12.5 Å². The van der Waals surface area contributed by atoms with Gasteiger partial charge in [0.25, 0.3) is 5.60 Å². The normalized spacial score (nSPS) is 16.9. The molecule has 302 valence electrons. The lowest BCUT2D eigenvalue weighted by atomic mass is 9.89. The second-order valence-corrected chi connectivity index (χ2v) is 16.1. The standard InChI is InChI=1S/C39H47Cl2F6N5O3/c1-36(2,54)24-49-35(53)52(50-33-9-5-28(21-31(33)40)19-25-11-15-48-16-12-25)34-10-6-29(22-32(34)41)20-26-13-17-51(18-14-26)23-27-3-7-30(8-4-27)37(55,38(42,43)44)39(45,46)47/h3-10,21-22,25-26,48,50,54-55H,11-20,23-24H2,1-2H3,(H,49,53). The first-order valence-corrected chi connectivity index (χ1v) is 19.0. The van der Waals surface area contributed by atoms with Gasteiger partial charge in [-0.2, -0.15) is 26.3 Å².